The first-order valence-electron chi connectivity index (χ1n) is 7.43. The van der Waals surface area contributed by atoms with Gasteiger partial charge in [-0.25, -0.2) is 0 Å². The van der Waals surface area contributed by atoms with E-state index in [1.165, 1.54) is 17.5 Å². The van der Waals surface area contributed by atoms with E-state index in [0.717, 1.165) is 38.2 Å². The van der Waals surface area contributed by atoms with Crippen LogP contribution < -0.4 is 5.32 Å². The lowest BCUT2D eigenvalue weighted by Crippen LogP contribution is -2.47. The van der Waals surface area contributed by atoms with Gasteiger partial charge in [-0.1, -0.05) is 6.07 Å². The Bertz CT molecular complexity index is 522. The van der Waals surface area contributed by atoms with Crippen molar-refractivity contribution >= 4 is 30.7 Å². The zero-order valence-corrected chi connectivity index (χ0v) is 14.8. The number of nitrogens with one attached hydrogen (secondary N) is 1. The summed E-state index contributed by atoms with van der Waals surface area (Å²) < 4.78 is 0. The Morgan fingerprint density at radius 2 is 1.95 bits per heavy atom. The van der Waals surface area contributed by atoms with Crippen LogP contribution >= 0.6 is 24.8 Å². The molecule has 0 bridgehead atoms. The van der Waals surface area contributed by atoms with E-state index in [0.29, 0.717) is 6.04 Å². The molecule has 0 aliphatic carbocycles. The maximum absolute atomic E-state index is 12.7. The van der Waals surface area contributed by atoms with Crippen LogP contribution in [0.3, 0.4) is 0 Å². The molecule has 1 unspecified atom stereocenters. The minimum atomic E-state index is 0. The zero-order valence-electron chi connectivity index (χ0n) is 13.2. The third-order valence-corrected chi connectivity index (χ3v) is 4.50. The Morgan fingerprint density at radius 3 is 2.68 bits per heavy atom. The number of carbonyl (C=O) groups excluding carboxylic acids is 1. The van der Waals surface area contributed by atoms with Crippen LogP contribution in [-0.4, -0.2) is 48.9 Å². The monoisotopic (exact) mass is 345 g/mol. The molecule has 1 aromatic carbocycles. The molecule has 1 amide bonds. The second-order valence-corrected chi connectivity index (χ2v) is 6.10. The maximum Gasteiger partial charge on any atom is 0.253 e. The average molecular weight is 346 g/mol. The van der Waals surface area contributed by atoms with Gasteiger partial charge in [-0.2, -0.15) is 0 Å². The van der Waals surface area contributed by atoms with Crippen molar-refractivity contribution in [3.63, 3.8) is 0 Å². The molecule has 1 fully saturated rings. The van der Waals surface area contributed by atoms with E-state index in [1.54, 1.807) is 0 Å². The molecule has 4 nitrogen and oxygen atoms in total. The Labute approximate surface area is 145 Å². The van der Waals surface area contributed by atoms with Gasteiger partial charge in [0.15, 0.2) is 0 Å². The number of likely N-dealkylation sites (N-methyl/N-ethyl adjacent to an activating group) is 1. The second kappa shape index (κ2) is 8.16. The lowest BCUT2D eigenvalue weighted by Gasteiger charge is -2.36. The van der Waals surface area contributed by atoms with Crippen LogP contribution in [0.4, 0.5) is 0 Å². The van der Waals surface area contributed by atoms with Crippen molar-refractivity contribution in [1.29, 1.82) is 0 Å². The summed E-state index contributed by atoms with van der Waals surface area (Å²) in [5.74, 6) is 0.186. The van der Waals surface area contributed by atoms with Crippen molar-refractivity contribution in [3.8, 4) is 0 Å². The fourth-order valence-corrected chi connectivity index (χ4v) is 3.17. The van der Waals surface area contributed by atoms with Crippen molar-refractivity contribution in [2.75, 3.05) is 27.2 Å². The Morgan fingerprint density at radius 1 is 1.23 bits per heavy atom. The number of rotatable bonds is 2. The highest BCUT2D eigenvalue weighted by Gasteiger charge is 2.26. The van der Waals surface area contributed by atoms with E-state index in [9.17, 15) is 4.79 Å². The van der Waals surface area contributed by atoms with Gasteiger partial charge in [-0.15, -0.1) is 24.8 Å². The van der Waals surface area contributed by atoms with Gasteiger partial charge in [0.25, 0.3) is 5.91 Å². The largest absolute Gasteiger partial charge is 0.337 e. The molecule has 0 saturated carbocycles. The first kappa shape index (κ1) is 19.2. The standard InChI is InChI=1S/C16H23N3O.2ClH/c1-18(2)15-4-3-7-19(11-15)16(20)12-5-6-13-9-17-10-14(13)8-12;;/h5-6,8,15,17H,3-4,7,9-11H2,1-2H3;2*1H. The summed E-state index contributed by atoms with van der Waals surface area (Å²) >= 11 is 0. The smallest absolute Gasteiger partial charge is 0.253 e. The van der Waals surface area contributed by atoms with Crippen molar-refractivity contribution in [1.82, 2.24) is 15.1 Å². The van der Waals surface area contributed by atoms with Crippen LogP contribution in [0.15, 0.2) is 18.2 Å². The summed E-state index contributed by atoms with van der Waals surface area (Å²) in [6.45, 7) is 3.55. The fraction of sp³-hybridized carbons (Fsp3) is 0.562. The molecular formula is C16H25Cl2N3O. The van der Waals surface area contributed by atoms with Crippen LogP contribution in [0.2, 0.25) is 0 Å². The highest BCUT2D eigenvalue weighted by molar-refractivity contribution is 5.94. The van der Waals surface area contributed by atoms with E-state index < -0.39 is 0 Å². The van der Waals surface area contributed by atoms with Gasteiger partial charge in [0.1, 0.15) is 0 Å². The van der Waals surface area contributed by atoms with Crippen molar-refractivity contribution < 1.29 is 4.79 Å². The third-order valence-electron chi connectivity index (χ3n) is 4.50. The number of hydrogen-bond acceptors (Lipinski definition) is 3. The molecule has 1 saturated heterocycles. The predicted octanol–water partition coefficient (Wildman–Crippen LogP) is 2.30. The average Bonchev–Trinajstić information content (AvgIpc) is 2.94. The molecule has 0 radical (unpaired) electrons. The normalized spacial score (nSPS) is 20.1. The van der Waals surface area contributed by atoms with Gasteiger partial charge in [0.2, 0.25) is 0 Å². The molecule has 3 rings (SSSR count). The number of fused-ring (bicyclic) bond motifs is 1. The highest BCUT2D eigenvalue weighted by atomic mass is 35.5. The predicted molar refractivity (Wildman–Crippen MR) is 94.1 cm³/mol. The lowest BCUT2D eigenvalue weighted by atomic mass is 10.0. The Hall–Kier alpha value is -0.810. The first-order valence-corrected chi connectivity index (χ1v) is 7.43. The van der Waals surface area contributed by atoms with Gasteiger partial charge in [0, 0.05) is 37.8 Å². The first-order chi connectivity index (χ1) is 9.65. The number of hydrogen-bond donors (Lipinski definition) is 1. The van der Waals surface area contributed by atoms with Gasteiger partial charge < -0.3 is 15.1 Å². The third kappa shape index (κ3) is 3.93. The van der Waals surface area contributed by atoms with E-state index in [1.807, 2.05) is 11.0 Å². The molecular weight excluding hydrogens is 321 g/mol. The molecule has 1 N–H and O–H groups in total. The zero-order chi connectivity index (χ0) is 14.1. The summed E-state index contributed by atoms with van der Waals surface area (Å²) in [5, 5.41) is 3.32. The van der Waals surface area contributed by atoms with Crippen LogP contribution in [0, 0.1) is 0 Å². The molecule has 1 aromatic rings. The van der Waals surface area contributed by atoms with Crippen LogP contribution in [0.5, 0.6) is 0 Å². The topological polar surface area (TPSA) is 35.6 Å². The molecule has 2 aliphatic heterocycles. The van der Waals surface area contributed by atoms with Gasteiger partial charge in [-0.3, -0.25) is 4.79 Å². The number of nitrogens with zero attached hydrogens (tertiary/aromatic N) is 2. The lowest BCUT2D eigenvalue weighted by molar-refractivity contribution is 0.0635. The molecule has 124 valence electrons. The number of piperidine rings is 1. The molecule has 6 heteroatoms. The van der Waals surface area contributed by atoms with Gasteiger partial charge in [-0.05, 0) is 50.2 Å². The number of halogens is 2. The molecule has 0 aromatic heterocycles. The number of amides is 1. The molecule has 1 atom stereocenters. The van der Waals surface area contributed by atoms with Crippen LogP contribution in [0.1, 0.15) is 34.3 Å². The molecule has 2 heterocycles. The maximum atomic E-state index is 12.7. The minimum Gasteiger partial charge on any atom is -0.337 e. The van der Waals surface area contributed by atoms with Crippen molar-refractivity contribution in [2.45, 2.75) is 32.0 Å². The SMILES string of the molecule is CN(C)C1CCCN(C(=O)c2ccc3c(c2)CNC3)C1.Cl.Cl. The van der Waals surface area contributed by atoms with E-state index in [4.69, 9.17) is 0 Å². The summed E-state index contributed by atoms with van der Waals surface area (Å²) in [7, 11) is 4.19. The number of benzene rings is 1. The van der Waals surface area contributed by atoms with E-state index in [-0.39, 0.29) is 30.7 Å². The number of carbonyl (C=O) groups is 1. The van der Waals surface area contributed by atoms with Crippen LogP contribution in [-0.2, 0) is 13.1 Å². The van der Waals surface area contributed by atoms with E-state index in [2.05, 4.69) is 36.4 Å². The van der Waals surface area contributed by atoms with Crippen molar-refractivity contribution in [3.05, 3.63) is 34.9 Å². The Kier molecular flexibility index (Phi) is 7.13. The summed E-state index contributed by atoms with van der Waals surface area (Å²) in [6.07, 6.45) is 2.28. The number of likely N-dealkylation sites (tertiary alicyclic amines) is 1. The van der Waals surface area contributed by atoms with Gasteiger partial charge in [0.05, 0.1) is 0 Å². The van der Waals surface area contributed by atoms with Crippen LogP contribution in [0.25, 0.3) is 0 Å². The summed E-state index contributed by atoms with van der Waals surface area (Å²) in [5.41, 5.74) is 3.44. The summed E-state index contributed by atoms with van der Waals surface area (Å²) in [4.78, 5) is 16.9. The molecule has 2 aliphatic rings. The van der Waals surface area contributed by atoms with Gasteiger partial charge >= 0.3 is 0 Å². The quantitative estimate of drug-likeness (QED) is 0.893. The summed E-state index contributed by atoms with van der Waals surface area (Å²) in [6, 6.07) is 6.63. The fourth-order valence-electron chi connectivity index (χ4n) is 3.17. The highest BCUT2D eigenvalue weighted by Crippen LogP contribution is 2.20. The molecule has 0 spiro atoms. The Balaban J connectivity index is 0.00000121. The second-order valence-electron chi connectivity index (χ2n) is 6.10. The molecule has 22 heavy (non-hydrogen) atoms. The minimum absolute atomic E-state index is 0. The van der Waals surface area contributed by atoms with E-state index >= 15 is 0 Å². The van der Waals surface area contributed by atoms with Crippen molar-refractivity contribution in [2.24, 2.45) is 0 Å².